The van der Waals surface area contributed by atoms with E-state index in [0.717, 1.165) is 19.5 Å². The average Bonchev–Trinajstić information content (AvgIpc) is 2.50. The number of unbranched alkanes of at least 4 members (excludes halogenated alkanes) is 1. The maximum atomic E-state index is 3.37. The Balaban J connectivity index is 1.78. The predicted octanol–water partition coefficient (Wildman–Crippen LogP) is 4.21. The van der Waals surface area contributed by atoms with Crippen molar-refractivity contribution in [2.24, 2.45) is 0 Å². The number of hydrogen-bond donors (Lipinski definition) is 1. The average molecular weight is 267 g/mol. The summed E-state index contributed by atoms with van der Waals surface area (Å²) in [4.78, 5) is 0. The topological polar surface area (TPSA) is 12.0 Å². The molecule has 0 atom stereocenters. The van der Waals surface area contributed by atoms with Crippen molar-refractivity contribution in [3.05, 3.63) is 71.3 Å². The van der Waals surface area contributed by atoms with Gasteiger partial charge in [-0.15, -0.1) is 0 Å². The molecule has 0 spiro atoms. The molecule has 0 amide bonds. The summed E-state index contributed by atoms with van der Waals surface area (Å²) in [6, 6.07) is 19.8. The third-order valence-corrected chi connectivity index (χ3v) is 3.59. The van der Waals surface area contributed by atoms with Crippen LogP contribution in [-0.4, -0.2) is 13.1 Å². The normalized spacial score (nSPS) is 10.7. The Morgan fingerprint density at radius 3 is 2.10 bits per heavy atom. The molecular weight excluding hydrogens is 242 g/mol. The molecule has 0 saturated carbocycles. The Bertz CT molecular complexity index is 473. The van der Waals surface area contributed by atoms with Gasteiger partial charge in [0.15, 0.2) is 0 Å². The van der Waals surface area contributed by atoms with E-state index in [1.807, 2.05) is 0 Å². The predicted molar refractivity (Wildman–Crippen MR) is 87.2 cm³/mol. The molecule has 0 aliphatic heterocycles. The van der Waals surface area contributed by atoms with Crippen LogP contribution in [0.25, 0.3) is 0 Å². The van der Waals surface area contributed by atoms with E-state index in [0.29, 0.717) is 0 Å². The van der Waals surface area contributed by atoms with Crippen LogP contribution in [0.15, 0.2) is 54.6 Å². The molecule has 0 aliphatic carbocycles. The van der Waals surface area contributed by atoms with E-state index < -0.39 is 0 Å². The summed E-state index contributed by atoms with van der Waals surface area (Å²) in [6.45, 7) is 4.38. The molecule has 2 aromatic rings. The van der Waals surface area contributed by atoms with E-state index in [9.17, 15) is 0 Å². The number of rotatable bonds is 8. The first-order valence-electron chi connectivity index (χ1n) is 7.71. The first-order chi connectivity index (χ1) is 9.88. The molecule has 2 aromatic carbocycles. The van der Waals surface area contributed by atoms with Crippen molar-refractivity contribution in [1.82, 2.24) is 5.32 Å². The van der Waals surface area contributed by atoms with Crippen molar-refractivity contribution in [3.63, 3.8) is 0 Å². The SMILES string of the molecule is CCNCCCCc1ccc(Cc2ccccc2)cc1. The van der Waals surface area contributed by atoms with Gasteiger partial charge in [0, 0.05) is 0 Å². The number of nitrogens with one attached hydrogen (secondary N) is 1. The summed E-state index contributed by atoms with van der Waals surface area (Å²) in [5.74, 6) is 0. The lowest BCUT2D eigenvalue weighted by atomic mass is 10.0. The highest BCUT2D eigenvalue weighted by atomic mass is 14.8. The second-order valence-electron chi connectivity index (χ2n) is 5.29. The van der Waals surface area contributed by atoms with Gasteiger partial charge in [-0.05, 0) is 55.5 Å². The van der Waals surface area contributed by atoms with Gasteiger partial charge < -0.3 is 5.32 Å². The molecule has 0 aromatic heterocycles. The van der Waals surface area contributed by atoms with Crippen molar-refractivity contribution in [3.8, 4) is 0 Å². The third-order valence-electron chi connectivity index (χ3n) is 3.59. The van der Waals surface area contributed by atoms with Crippen molar-refractivity contribution in [1.29, 1.82) is 0 Å². The minimum Gasteiger partial charge on any atom is -0.317 e. The molecule has 1 N–H and O–H groups in total. The van der Waals surface area contributed by atoms with Crippen molar-refractivity contribution < 1.29 is 0 Å². The van der Waals surface area contributed by atoms with Crippen molar-refractivity contribution in [2.45, 2.75) is 32.6 Å². The zero-order valence-corrected chi connectivity index (χ0v) is 12.4. The molecule has 0 radical (unpaired) electrons. The molecule has 20 heavy (non-hydrogen) atoms. The minimum atomic E-state index is 1.03. The molecule has 0 aliphatic rings. The lowest BCUT2D eigenvalue weighted by Crippen LogP contribution is -2.13. The van der Waals surface area contributed by atoms with Crippen LogP contribution in [0.5, 0.6) is 0 Å². The number of hydrogen-bond acceptors (Lipinski definition) is 1. The van der Waals surface area contributed by atoms with Gasteiger partial charge in [-0.2, -0.15) is 0 Å². The van der Waals surface area contributed by atoms with E-state index >= 15 is 0 Å². The molecule has 2 rings (SSSR count). The van der Waals surface area contributed by atoms with Crippen LogP contribution >= 0.6 is 0 Å². The van der Waals surface area contributed by atoms with Crippen LogP contribution in [0.2, 0.25) is 0 Å². The number of benzene rings is 2. The number of aryl methyl sites for hydroxylation is 1. The zero-order valence-electron chi connectivity index (χ0n) is 12.4. The van der Waals surface area contributed by atoms with E-state index in [4.69, 9.17) is 0 Å². The maximum absolute atomic E-state index is 3.37. The van der Waals surface area contributed by atoms with E-state index in [2.05, 4.69) is 66.8 Å². The monoisotopic (exact) mass is 267 g/mol. The highest BCUT2D eigenvalue weighted by Crippen LogP contribution is 2.12. The highest BCUT2D eigenvalue weighted by molar-refractivity contribution is 5.28. The van der Waals surface area contributed by atoms with Gasteiger partial charge in [-0.3, -0.25) is 0 Å². The van der Waals surface area contributed by atoms with Crippen LogP contribution in [0.4, 0.5) is 0 Å². The van der Waals surface area contributed by atoms with E-state index in [-0.39, 0.29) is 0 Å². The van der Waals surface area contributed by atoms with E-state index in [1.54, 1.807) is 0 Å². The summed E-state index contributed by atoms with van der Waals surface area (Å²) >= 11 is 0. The summed E-state index contributed by atoms with van der Waals surface area (Å²) < 4.78 is 0. The van der Waals surface area contributed by atoms with Gasteiger partial charge >= 0.3 is 0 Å². The zero-order chi connectivity index (χ0) is 14.0. The Kier molecular flexibility index (Phi) is 6.33. The van der Waals surface area contributed by atoms with Crippen LogP contribution in [0.3, 0.4) is 0 Å². The molecule has 0 bridgehead atoms. The molecule has 0 heterocycles. The van der Waals surface area contributed by atoms with Crippen molar-refractivity contribution in [2.75, 3.05) is 13.1 Å². The molecule has 1 nitrogen and oxygen atoms in total. The maximum Gasteiger partial charge on any atom is -0.00258 e. The van der Waals surface area contributed by atoms with Crippen molar-refractivity contribution >= 4 is 0 Å². The van der Waals surface area contributed by atoms with Crippen LogP contribution in [0, 0.1) is 0 Å². The third kappa shape index (κ3) is 5.18. The van der Waals surface area contributed by atoms with Gasteiger partial charge in [-0.1, -0.05) is 61.5 Å². The molecule has 1 heteroatoms. The Hall–Kier alpha value is -1.60. The second kappa shape index (κ2) is 8.55. The fourth-order valence-corrected chi connectivity index (χ4v) is 2.41. The fraction of sp³-hybridized carbons (Fsp3) is 0.368. The van der Waals surface area contributed by atoms with Crippen LogP contribution in [-0.2, 0) is 12.8 Å². The Morgan fingerprint density at radius 2 is 1.40 bits per heavy atom. The largest absolute Gasteiger partial charge is 0.317 e. The van der Waals surface area contributed by atoms with E-state index in [1.165, 1.54) is 36.0 Å². The van der Waals surface area contributed by atoms with Crippen LogP contribution in [0.1, 0.15) is 36.5 Å². The van der Waals surface area contributed by atoms with Gasteiger partial charge in [-0.25, -0.2) is 0 Å². The lowest BCUT2D eigenvalue weighted by molar-refractivity contribution is 0.641. The summed E-state index contributed by atoms with van der Waals surface area (Å²) in [7, 11) is 0. The molecular formula is C19H25N. The molecule has 0 saturated heterocycles. The minimum absolute atomic E-state index is 1.03. The van der Waals surface area contributed by atoms with Gasteiger partial charge in [0.25, 0.3) is 0 Å². The Labute approximate surface area is 123 Å². The molecule has 106 valence electrons. The Morgan fingerprint density at radius 1 is 0.750 bits per heavy atom. The van der Waals surface area contributed by atoms with Crippen LogP contribution < -0.4 is 5.32 Å². The fourth-order valence-electron chi connectivity index (χ4n) is 2.41. The second-order valence-corrected chi connectivity index (χ2v) is 5.29. The molecule has 0 fully saturated rings. The van der Waals surface area contributed by atoms with Gasteiger partial charge in [0.2, 0.25) is 0 Å². The smallest absolute Gasteiger partial charge is 0.00258 e. The standard InChI is InChI=1S/C19H25N/c1-2-20-15-7-6-8-17-11-13-19(14-12-17)16-18-9-4-3-5-10-18/h3-5,9-14,20H,2,6-8,15-16H2,1H3. The lowest BCUT2D eigenvalue weighted by Gasteiger charge is -2.05. The summed E-state index contributed by atoms with van der Waals surface area (Å²) in [6.07, 6.45) is 4.75. The molecule has 0 unspecified atom stereocenters. The highest BCUT2D eigenvalue weighted by Gasteiger charge is 1.97. The summed E-state index contributed by atoms with van der Waals surface area (Å²) in [5, 5.41) is 3.37. The quantitative estimate of drug-likeness (QED) is 0.706. The van der Waals surface area contributed by atoms with Gasteiger partial charge in [0.05, 0.1) is 0 Å². The van der Waals surface area contributed by atoms with Gasteiger partial charge in [0.1, 0.15) is 0 Å². The summed E-state index contributed by atoms with van der Waals surface area (Å²) in [5.41, 5.74) is 4.23. The first kappa shape index (κ1) is 14.8. The first-order valence-corrected chi connectivity index (χ1v) is 7.71.